The summed E-state index contributed by atoms with van der Waals surface area (Å²) < 4.78 is 5.25. The molecule has 0 saturated carbocycles. The molecular formula is C22H16N2O. The van der Waals surface area contributed by atoms with Crippen molar-refractivity contribution in [2.45, 2.75) is 0 Å². The molecule has 3 heteroatoms. The number of hydrogen-bond acceptors (Lipinski definition) is 2. The van der Waals surface area contributed by atoms with Gasteiger partial charge in [-0.3, -0.25) is 0 Å². The topological polar surface area (TPSA) is 37.9 Å². The Morgan fingerprint density at radius 2 is 1.32 bits per heavy atom. The van der Waals surface area contributed by atoms with Gasteiger partial charge >= 0.3 is 0 Å². The molecule has 4 aromatic carbocycles. The quantitative estimate of drug-likeness (QED) is 0.433. The number of nitrogens with zero attached hydrogens (tertiary/aromatic N) is 1. The van der Waals surface area contributed by atoms with Crippen LogP contribution in [0.15, 0.2) is 72.8 Å². The molecule has 0 aliphatic carbocycles. The average molecular weight is 324 g/mol. The first-order chi connectivity index (χ1) is 12.3. The van der Waals surface area contributed by atoms with Crippen molar-refractivity contribution >= 4 is 32.6 Å². The van der Waals surface area contributed by atoms with Crippen molar-refractivity contribution in [3.63, 3.8) is 0 Å². The number of rotatable bonds is 2. The molecule has 0 unspecified atom stereocenters. The van der Waals surface area contributed by atoms with Gasteiger partial charge in [0.05, 0.1) is 18.1 Å². The number of H-pyrrole nitrogens is 1. The molecule has 0 aliphatic heterocycles. The van der Waals surface area contributed by atoms with E-state index in [0.717, 1.165) is 28.2 Å². The maximum absolute atomic E-state index is 5.25. The zero-order valence-corrected chi connectivity index (χ0v) is 13.8. The fourth-order valence-electron chi connectivity index (χ4n) is 3.51. The molecule has 1 heterocycles. The molecule has 0 fully saturated rings. The minimum atomic E-state index is 0.843. The highest BCUT2D eigenvalue weighted by Crippen LogP contribution is 2.35. The molecule has 25 heavy (non-hydrogen) atoms. The largest absolute Gasteiger partial charge is 0.497 e. The Balaban J connectivity index is 1.86. The van der Waals surface area contributed by atoms with Crippen LogP contribution in [0.2, 0.25) is 0 Å². The molecule has 3 nitrogen and oxygen atoms in total. The van der Waals surface area contributed by atoms with E-state index in [1.165, 1.54) is 21.5 Å². The van der Waals surface area contributed by atoms with E-state index >= 15 is 0 Å². The Morgan fingerprint density at radius 3 is 2.00 bits per heavy atom. The predicted octanol–water partition coefficient (Wildman–Crippen LogP) is 5.54. The van der Waals surface area contributed by atoms with Crippen molar-refractivity contribution in [2.24, 2.45) is 0 Å². The van der Waals surface area contributed by atoms with Crippen LogP contribution in [0.1, 0.15) is 0 Å². The van der Waals surface area contributed by atoms with Gasteiger partial charge in [0.15, 0.2) is 0 Å². The lowest BCUT2D eigenvalue weighted by molar-refractivity contribution is 0.415. The van der Waals surface area contributed by atoms with Crippen LogP contribution in [0.25, 0.3) is 44.0 Å². The molecule has 0 radical (unpaired) electrons. The maximum atomic E-state index is 5.25. The second-order valence-corrected chi connectivity index (χ2v) is 6.13. The highest BCUT2D eigenvalue weighted by Gasteiger charge is 2.13. The van der Waals surface area contributed by atoms with Gasteiger partial charge in [0.1, 0.15) is 11.6 Å². The van der Waals surface area contributed by atoms with E-state index in [1.807, 2.05) is 24.3 Å². The van der Waals surface area contributed by atoms with E-state index in [2.05, 4.69) is 53.5 Å². The number of benzene rings is 4. The van der Waals surface area contributed by atoms with Crippen molar-refractivity contribution in [3.05, 3.63) is 72.8 Å². The van der Waals surface area contributed by atoms with Gasteiger partial charge in [-0.25, -0.2) is 4.98 Å². The summed E-state index contributed by atoms with van der Waals surface area (Å²) in [4.78, 5) is 8.45. The van der Waals surface area contributed by atoms with E-state index in [1.54, 1.807) is 7.11 Å². The third-order valence-corrected chi connectivity index (χ3v) is 4.74. The van der Waals surface area contributed by atoms with Crippen LogP contribution in [0.3, 0.4) is 0 Å². The van der Waals surface area contributed by atoms with Gasteiger partial charge in [0.2, 0.25) is 0 Å². The molecule has 0 aliphatic rings. The first-order valence-corrected chi connectivity index (χ1v) is 8.29. The fourth-order valence-corrected chi connectivity index (χ4v) is 3.51. The molecule has 0 atom stereocenters. The Labute approximate surface area is 144 Å². The van der Waals surface area contributed by atoms with Crippen molar-refractivity contribution < 1.29 is 4.74 Å². The average Bonchev–Trinajstić information content (AvgIpc) is 3.14. The minimum Gasteiger partial charge on any atom is -0.497 e. The summed E-state index contributed by atoms with van der Waals surface area (Å²) >= 11 is 0. The second-order valence-electron chi connectivity index (χ2n) is 6.13. The Hall–Kier alpha value is -3.33. The van der Waals surface area contributed by atoms with Crippen molar-refractivity contribution in [1.29, 1.82) is 0 Å². The van der Waals surface area contributed by atoms with Crippen LogP contribution in [0.5, 0.6) is 5.75 Å². The molecule has 0 amide bonds. The van der Waals surface area contributed by atoms with Crippen molar-refractivity contribution in [3.8, 4) is 17.1 Å². The molecular weight excluding hydrogens is 308 g/mol. The molecule has 0 spiro atoms. The third-order valence-electron chi connectivity index (χ3n) is 4.74. The standard InChI is InChI=1S/C22H16N2O/c1-25-15-12-10-14(11-13-15)22-23-20-18-8-4-2-6-16(18)17-7-3-5-9-19(17)21(20)24-22/h2-13H,1H3,(H,23,24). The van der Waals surface area contributed by atoms with E-state index in [9.17, 15) is 0 Å². The SMILES string of the molecule is COc1ccc(-c2nc3c4ccccc4c4ccccc4c3[nH]2)cc1. The number of aromatic amines is 1. The van der Waals surface area contributed by atoms with Gasteiger partial charge in [0, 0.05) is 16.3 Å². The summed E-state index contributed by atoms with van der Waals surface area (Å²) in [5.41, 5.74) is 3.14. The van der Waals surface area contributed by atoms with E-state index in [-0.39, 0.29) is 0 Å². The van der Waals surface area contributed by atoms with Crippen LogP contribution in [-0.2, 0) is 0 Å². The minimum absolute atomic E-state index is 0.843. The lowest BCUT2D eigenvalue weighted by Crippen LogP contribution is -1.83. The van der Waals surface area contributed by atoms with Gasteiger partial charge in [-0.2, -0.15) is 0 Å². The number of aromatic nitrogens is 2. The first-order valence-electron chi connectivity index (χ1n) is 8.29. The van der Waals surface area contributed by atoms with E-state index in [4.69, 9.17) is 9.72 Å². The van der Waals surface area contributed by atoms with Gasteiger partial charge < -0.3 is 9.72 Å². The molecule has 5 rings (SSSR count). The van der Waals surface area contributed by atoms with Crippen molar-refractivity contribution in [1.82, 2.24) is 9.97 Å². The van der Waals surface area contributed by atoms with E-state index < -0.39 is 0 Å². The molecule has 0 bridgehead atoms. The smallest absolute Gasteiger partial charge is 0.138 e. The summed E-state index contributed by atoms with van der Waals surface area (Å²) in [6, 6.07) is 24.9. The van der Waals surface area contributed by atoms with Crippen LogP contribution < -0.4 is 4.74 Å². The van der Waals surface area contributed by atoms with Gasteiger partial charge in [-0.1, -0.05) is 48.5 Å². The lowest BCUT2D eigenvalue weighted by atomic mass is 10.0. The lowest BCUT2D eigenvalue weighted by Gasteiger charge is -2.05. The molecule has 120 valence electrons. The number of methoxy groups -OCH3 is 1. The third kappa shape index (κ3) is 2.09. The fraction of sp³-hybridized carbons (Fsp3) is 0.0455. The van der Waals surface area contributed by atoms with Crippen LogP contribution >= 0.6 is 0 Å². The summed E-state index contributed by atoms with van der Waals surface area (Å²) in [7, 11) is 1.68. The zero-order chi connectivity index (χ0) is 16.8. The zero-order valence-electron chi connectivity index (χ0n) is 13.8. The number of imidazole rings is 1. The predicted molar refractivity (Wildman–Crippen MR) is 103 cm³/mol. The monoisotopic (exact) mass is 324 g/mol. The van der Waals surface area contributed by atoms with Gasteiger partial charge in [-0.05, 0) is 35.0 Å². The van der Waals surface area contributed by atoms with Crippen LogP contribution in [0.4, 0.5) is 0 Å². The number of fused-ring (bicyclic) bond motifs is 6. The number of hydrogen-bond donors (Lipinski definition) is 1. The Morgan fingerprint density at radius 1 is 0.720 bits per heavy atom. The van der Waals surface area contributed by atoms with Crippen molar-refractivity contribution in [2.75, 3.05) is 7.11 Å². The summed E-state index contributed by atoms with van der Waals surface area (Å²) in [5.74, 6) is 1.72. The molecule has 5 aromatic rings. The Kier molecular flexibility index (Phi) is 3.01. The maximum Gasteiger partial charge on any atom is 0.138 e. The van der Waals surface area contributed by atoms with Crippen LogP contribution in [-0.4, -0.2) is 17.1 Å². The van der Waals surface area contributed by atoms with E-state index in [0.29, 0.717) is 0 Å². The second kappa shape index (κ2) is 5.35. The Bertz CT molecular complexity index is 1150. The van der Waals surface area contributed by atoms with Gasteiger partial charge in [0.25, 0.3) is 0 Å². The van der Waals surface area contributed by atoms with Crippen LogP contribution in [0, 0.1) is 0 Å². The molecule has 0 saturated heterocycles. The normalized spacial score (nSPS) is 11.4. The first kappa shape index (κ1) is 14.1. The highest BCUT2D eigenvalue weighted by molar-refractivity contribution is 6.23. The highest BCUT2D eigenvalue weighted by atomic mass is 16.5. The molecule has 1 aromatic heterocycles. The summed E-state index contributed by atoms with van der Waals surface area (Å²) in [5, 5.41) is 4.85. The number of ether oxygens (including phenoxy) is 1. The van der Waals surface area contributed by atoms with Gasteiger partial charge in [-0.15, -0.1) is 0 Å². The summed E-state index contributed by atoms with van der Waals surface area (Å²) in [6.45, 7) is 0. The summed E-state index contributed by atoms with van der Waals surface area (Å²) in [6.07, 6.45) is 0. The number of nitrogens with one attached hydrogen (secondary N) is 1. The molecule has 1 N–H and O–H groups in total.